The molecule has 0 heterocycles. The quantitative estimate of drug-likeness (QED) is 0.387. The van der Waals surface area contributed by atoms with Crippen LogP contribution in [-0.2, 0) is 10.3 Å². The third-order valence-corrected chi connectivity index (χ3v) is 0.947. The molecule has 0 atom stereocenters. The second kappa shape index (κ2) is 5.12. The second-order valence-electron chi connectivity index (χ2n) is 1.39. The van der Waals surface area contributed by atoms with Gasteiger partial charge in [-0.3, -0.25) is 0 Å². The van der Waals surface area contributed by atoms with E-state index in [-0.39, 0.29) is 51.4 Å². The largest absolute Gasteiger partial charge is 1.00 e. The fourth-order valence-electron chi connectivity index (χ4n) is 0.170. The van der Waals surface area contributed by atoms with Crippen LogP contribution in [0.2, 0.25) is 0 Å². The van der Waals surface area contributed by atoms with Crippen molar-refractivity contribution in [2.75, 3.05) is 6.54 Å². The van der Waals surface area contributed by atoms with Crippen LogP contribution in [0.4, 0.5) is 13.2 Å². The maximum atomic E-state index is 11.1. The van der Waals surface area contributed by atoms with Crippen LogP contribution < -0.4 is 56.1 Å². The molecule has 4 nitrogen and oxygen atoms in total. The average molecular weight is 217 g/mol. The average Bonchev–Trinajstić information content (AvgIpc) is 1.57. The minimum atomic E-state index is -4.98. The molecule has 0 aliphatic heterocycles. The Morgan fingerprint density at radius 3 is 1.82 bits per heavy atom. The summed E-state index contributed by atoms with van der Waals surface area (Å²) in [6.45, 7) is -1.82. The van der Waals surface area contributed by atoms with E-state index in [1.807, 2.05) is 0 Å². The van der Waals surface area contributed by atoms with Crippen LogP contribution in [0.3, 0.4) is 0 Å². The van der Waals surface area contributed by atoms with Gasteiger partial charge in [-0.2, -0.15) is 13.2 Å². The molecule has 1 N–H and O–H groups in total. The van der Waals surface area contributed by atoms with Gasteiger partial charge in [0.25, 0.3) is 0 Å². The van der Waals surface area contributed by atoms with Crippen LogP contribution in [0.25, 0.3) is 0 Å². The Labute approximate surface area is 104 Å². The van der Waals surface area contributed by atoms with Crippen LogP contribution in [0.15, 0.2) is 0 Å². The molecule has 0 bridgehead atoms. The third kappa shape index (κ3) is 14.2. The van der Waals surface area contributed by atoms with Gasteiger partial charge in [-0.1, -0.05) is 0 Å². The van der Waals surface area contributed by atoms with Gasteiger partial charge in [0.1, 0.15) is 6.54 Å². The number of nitrogens with one attached hydrogen (secondary N) is 1. The normalized spacial score (nSPS) is 12.4. The van der Waals surface area contributed by atoms with E-state index in [0.717, 1.165) is 4.72 Å². The van der Waals surface area contributed by atoms with Gasteiger partial charge >= 0.3 is 57.6 Å². The molecular weight excluding hydrogens is 214 g/mol. The molecule has 62 valence electrons. The number of hydrogen-bond donors (Lipinski definition) is 1. The van der Waals surface area contributed by atoms with E-state index in [1.165, 1.54) is 0 Å². The summed E-state index contributed by atoms with van der Waals surface area (Å²) in [5, 5.41) is 0. The van der Waals surface area contributed by atoms with Crippen LogP contribution >= 0.6 is 0 Å². The van der Waals surface area contributed by atoms with Gasteiger partial charge in [-0.05, 0) is 0 Å². The van der Waals surface area contributed by atoms with Gasteiger partial charge in [-0.25, -0.2) is 13.1 Å². The first kappa shape index (κ1) is 14.8. The number of hydrogen-bond acceptors (Lipinski definition) is 3. The predicted molar refractivity (Wildman–Crippen MR) is 23.8 cm³/mol. The third-order valence-electron chi connectivity index (χ3n) is 0.449. The summed E-state index contributed by atoms with van der Waals surface area (Å²) in [7, 11) is -4.98. The minimum absolute atomic E-state index is 0. The fraction of sp³-hybridized carbons (Fsp3) is 1.00. The molecule has 0 aliphatic carbocycles. The van der Waals surface area contributed by atoms with Gasteiger partial charge in [-0.15, -0.1) is 0 Å². The summed E-state index contributed by atoms with van der Waals surface area (Å²) in [5.41, 5.74) is 0. The summed E-state index contributed by atoms with van der Waals surface area (Å²) in [4.78, 5) is 0. The van der Waals surface area contributed by atoms with Crippen molar-refractivity contribution in [1.29, 1.82) is 0 Å². The minimum Gasteiger partial charge on any atom is -0.735 e. The first-order valence-electron chi connectivity index (χ1n) is 1.98. The first-order chi connectivity index (χ1) is 4.21. The molecule has 11 heavy (non-hydrogen) atoms. The van der Waals surface area contributed by atoms with Crippen LogP contribution in [0.1, 0.15) is 0 Å². The zero-order chi connectivity index (χ0) is 8.41. The van der Waals surface area contributed by atoms with Crippen molar-refractivity contribution in [3.05, 3.63) is 0 Å². The van der Waals surface area contributed by atoms with Gasteiger partial charge in [0.05, 0.1) is 0 Å². The molecule has 0 rings (SSSR count). The van der Waals surface area contributed by atoms with E-state index in [2.05, 4.69) is 0 Å². The Hall–Kier alpha value is 1.30. The zero-order valence-corrected chi connectivity index (χ0v) is 9.41. The molecule has 0 amide bonds. The van der Waals surface area contributed by atoms with E-state index >= 15 is 0 Å². The molecule has 0 aromatic heterocycles. The van der Waals surface area contributed by atoms with E-state index < -0.39 is 23.0 Å². The van der Waals surface area contributed by atoms with Crippen molar-refractivity contribution in [2.45, 2.75) is 6.18 Å². The molecule has 0 fully saturated rings. The summed E-state index contributed by atoms with van der Waals surface area (Å²) < 4.78 is 62.6. The maximum Gasteiger partial charge on any atom is 1.00 e. The molecule has 0 aromatic rings. The van der Waals surface area contributed by atoms with Crippen LogP contribution in [0.5, 0.6) is 0 Å². The second-order valence-corrected chi connectivity index (χ2v) is 2.59. The maximum absolute atomic E-state index is 11.1. The van der Waals surface area contributed by atoms with Crippen molar-refractivity contribution >= 4 is 10.3 Å². The van der Waals surface area contributed by atoms with Crippen LogP contribution in [0, 0.1) is 0 Å². The van der Waals surface area contributed by atoms with Crippen molar-refractivity contribution in [2.24, 2.45) is 0 Å². The predicted octanol–water partition coefficient (Wildman–Crippen LogP) is -3.40. The summed E-state index contributed by atoms with van der Waals surface area (Å²) in [6, 6.07) is 0. The molecule has 0 aromatic carbocycles. The van der Waals surface area contributed by atoms with E-state index in [0.29, 0.717) is 0 Å². The Kier molecular flexibility index (Phi) is 6.89. The molecule has 0 aliphatic rings. The molecule has 0 unspecified atom stereocenters. The van der Waals surface area contributed by atoms with Gasteiger partial charge < -0.3 is 4.55 Å². The Morgan fingerprint density at radius 1 is 1.36 bits per heavy atom. The molecule has 0 saturated heterocycles. The van der Waals surface area contributed by atoms with Crippen molar-refractivity contribution in [1.82, 2.24) is 4.72 Å². The topological polar surface area (TPSA) is 69.2 Å². The van der Waals surface area contributed by atoms with Gasteiger partial charge in [0, 0.05) is 0 Å². The monoisotopic (exact) mass is 217 g/mol. The summed E-state index contributed by atoms with van der Waals surface area (Å²) in [5.74, 6) is 0. The van der Waals surface area contributed by atoms with E-state index in [9.17, 15) is 26.1 Å². The first-order valence-corrected chi connectivity index (χ1v) is 3.39. The van der Waals surface area contributed by atoms with Crippen molar-refractivity contribution in [3.63, 3.8) is 0 Å². The summed E-state index contributed by atoms with van der Waals surface area (Å²) in [6.07, 6.45) is -4.68. The molecule has 0 spiro atoms. The van der Waals surface area contributed by atoms with Crippen molar-refractivity contribution in [3.8, 4) is 0 Å². The standard InChI is InChI=1S/C2H4F3NO3S.K/c3-2(4,5)1-6-10(7,8)9;/h6H,1H2,(H,7,8,9);/q;+1/p-1. The number of alkyl halides is 3. The molecule has 0 radical (unpaired) electrons. The molecular formula is C2H3F3KNO3S. The zero-order valence-electron chi connectivity index (χ0n) is 5.47. The Bertz CT molecular complexity index is 199. The number of halogens is 3. The van der Waals surface area contributed by atoms with Crippen molar-refractivity contribution < 1.29 is 77.5 Å². The van der Waals surface area contributed by atoms with Gasteiger partial charge in [0.15, 0.2) is 10.3 Å². The summed E-state index contributed by atoms with van der Waals surface area (Å²) >= 11 is 0. The number of rotatable bonds is 2. The Morgan fingerprint density at radius 2 is 1.73 bits per heavy atom. The molecule has 9 heteroatoms. The smallest absolute Gasteiger partial charge is 0.735 e. The molecule has 0 saturated carbocycles. The van der Waals surface area contributed by atoms with E-state index in [4.69, 9.17) is 0 Å². The SMILES string of the molecule is O=S(=O)([O-])NCC(F)(F)F.[K+]. The fourth-order valence-corrected chi connectivity index (χ4v) is 0.511. The van der Waals surface area contributed by atoms with Crippen LogP contribution in [-0.4, -0.2) is 25.7 Å². The Balaban J connectivity index is 0. The van der Waals surface area contributed by atoms with Gasteiger partial charge in [0.2, 0.25) is 0 Å². The van der Waals surface area contributed by atoms with E-state index in [1.54, 1.807) is 0 Å².